The van der Waals surface area contributed by atoms with Crippen molar-refractivity contribution >= 4 is 11.0 Å². The van der Waals surface area contributed by atoms with E-state index >= 15 is 0 Å². The molecule has 1 fully saturated rings. The minimum Gasteiger partial charge on any atom is -0.377 e. The second-order valence-electron chi connectivity index (χ2n) is 5.53. The van der Waals surface area contributed by atoms with Gasteiger partial charge in [0.1, 0.15) is 0 Å². The van der Waals surface area contributed by atoms with Gasteiger partial charge < -0.3 is 14.6 Å². The molecular weight excluding hydrogens is 266 g/mol. The minimum atomic E-state index is -0.0553. The molecule has 0 bridgehead atoms. The van der Waals surface area contributed by atoms with Crippen LogP contribution in [0.25, 0.3) is 11.0 Å². The molecule has 5 heteroatoms. The van der Waals surface area contributed by atoms with Gasteiger partial charge >= 0.3 is 0 Å². The molecule has 1 aliphatic heterocycles. The number of rotatable bonds is 5. The van der Waals surface area contributed by atoms with E-state index in [2.05, 4.69) is 17.2 Å². The maximum absolute atomic E-state index is 12.0. The average molecular weight is 287 g/mol. The van der Waals surface area contributed by atoms with E-state index in [1.807, 2.05) is 24.3 Å². The SMILES string of the molecule is CC(NCCn1c(=O)cnc2ccccc21)C1CCCO1. The van der Waals surface area contributed by atoms with Crippen LogP contribution in [0, 0.1) is 0 Å². The zero-order valence-corrected chi connectivity index (χ0v) is 12.3. The number of para-hydroxylation sites is 2. The summed E-state index contributed by atoms with van der Waals surface area (Å²) in [6.45, 7) is 4.39. The average Bonchev–Trinajstić information content (AvgIpc) is 3.04. The molecule has 1 aromatic heterocycles. The van der Waals surface area contributed by atoms with E-state index in [1.165, 1.54) is 6.20 Å². The summed E-state index contributed by atoms with van der Waals surface area (Å²) >= 11 is 0. The third-order valence-electron chi connectivity index (χ3n) is 4.08. The second-order valence-corrected chi connectivity index (χ2v) is 5.53. The highest BCUT2D eigenvalue weighted by molar-refractivity contribution is 5.74. The molecule has 0 spiro atoms. The van der Waals surface area contributed by atoms with Crippen molar-refractivity contribution in [3.8, 4) is 0 Å². The lowest BCUT2D eigenvalue weighted by atomic mass is 10.1. The van der Waals surface area contributed by atoms with Gasteiger partial charge in [0.25, 0.3) is 5.56 Å². The van der Waals surface area contributed by atoms with Gasteiger partial charge in [0.05, 0.1) is 23.3 Å². The number of aromatic nitrogens is 2. The van der Waals surface area contributed by atoms with Crippen LogP contribution >= 0.6 is 0 Å². The summed E-state index contributed by atoms with van der Waals surface area (Å²) in [7, 11) is 0. The number of hydrogen-bond donors (Lipinski definition) is 1. The highest BCUT2D eigenvalue weighted by atomic mass is 16.5. The number of hydrogen-bond acceptors (Lipinski definition) is 4. The molecule has 1 aromatic carbocycles. The first-order chi connectivity index (χ1) is 10.3. The third-order valence-corrected chi connectivity index (χ3v) is 4.08. The van der Waals surface area contributed by atoms with Crippen molar-refractivity contribution in [2.75, 3.05) is 13.2 Å². The number of nitrogens with zero attached hydrogens (tertiary/aromatic N) is 2. The predicted molar refractivity (Wildman–Crippen MR) is 82.4 cm³/mol. The van der Waals surface area contributed by atoms with Crippen LogP contribution in [0.4, 0.5) is 0 Å². The number of fused-ring (bicyclic) bond motifs is 1. The van der Waals surface area contributed by atoms with Crippen molar-refractivity contribution < 1.29 is 4.74 Å². The molecule has 0 radical (unpaired) electrons. The molecule has 2 heterocycles. The van der Waals surface area contributed by atoms with Crippen LogP contribution in [0.5, 0.6) is 0 Å². The molecule has 0 aliphatic carbocycles. The number of nitrogens with one attached hydrogen (secondary N) is 1. The Morgan fingerprint density at radius 2 is 2.33 bits per heavy atom. The number of benzene rings is 1. The van der Waals surface area contributed by atoms with Crippen molar-refractivity contribution in [2.24, 2.45) is 0 Å². The molecule has 1 N–H and O–H groups in total. The Labute approximate surface area is 124 Å². The molecule has 2 unspecified atom stereocenters. The van der Waals surface area contributed by atoms with Crippen molar-refractivity contribution in [1.82, 2.24) is 14.9 Å². The maximum atomic E-state index is 12.0. The molecule has 112 valence electrons. The third kappa shape index (κ3) is 3.14. The Morgan fingerprint density at radius 1 is 1.48 bits per heavy atom. The topological polar surface area (TPSA) is 56.2 Å². The minimum absolute atomic E-state index is 0.0553. The summed E-state index contributed by atoms with van der Waals surface area (Å²) < 4.78 is 7.45. The Hall–Kier alpha value is -1.72. The van der Waals surface area contributed by atoms with Gasteiger partial charge in [0.2, 0.25) is 0 Å². The van der Waals surface area contributed by atoms with Crippen LogP contribution < -0.4 is 10.9 Å². The zero-order chi connectivity index (χ0) is 14.7. The fourth-order valence-electron chi connectivity index (χ4n) is 2.88. The molecule has 5 nitrogen and oxygen atoms in total. The molecule has 21 heavy (non-hydrogen) atoms. The van der Waals surface area contributed by atoms with Gasteiger partial charge in [-0.1, -0.05) is 12.1 Å². The lowest BCUT2D eigenvalue weighted by Gasteiger charge is -2.20. The summed E-state index contributed by atoms with van der Waals surface area (Å²) in [5.74, 6) is 0. The van der Waals surface area contributed by atoms with Crippen LogP contribution in [0.3, 0.4) is 0 Å². The molecular formula is C16H21N3O2. The highest BCUT2D eigenvalue weighted by Crippen LogP contribution is 2.15. The van der Waals surface area contributed by atoms with Crippen molar-refractivity contribution in [2.45, 2.75) is 38.5 Å². The maximum Gasteiger partial charge on any atom is 0.269 e. The molecule has 3 rings (SSSR count). The number of ether oxygens (including phenoxy) is 1. The molecule has 1 saturated heterocycles. The summed E-state index contributed by atoms with van der Waals surface area (Å²) in [5, 5.41) is 3.46. The van der Waals surface area contributed by atoms with Gasteiger partial charge in [0, 0.05) is 25.7 Å². The molecule has 2 atom stereocenters. The van der Waals surface area contributed by atoms with Crippen molar-refractivity contribution in [3.63, 3.8) is 0 Å². The zero-order valence-electron chi connectivity index (χ0n) is 12.3. The first kappa shape index (κ1) is 14.2. The van der Waals surface area contributed by atoms with Crippen LogP contribution in [-0.4, -0.2) is 34.8 Å². The summed E-state index contributed by atoms with van der Waals surface area (Å²) in [6, 6.07) is 8.04. The van der Waals surface area contributed by atoms with Crippen molar-refractivity contribution in [1.29, 1.82) is 0 Å². The Balaban J connectivity index is 1.67. The monoisotopic (exact) mass is 287 g/mol. The normalized spacial score (nSPS) is 20.0. The van der Waals surface area contributed by atoms with Crippen molar-refractivity contribution in [3.05, 3.63) is 40.8 Å². The van der Waals surface area contributed by atoms with Gasteiger partial charge in [-0.2, -0.15) is 0 Å². The molecule has 0 amide bonds. The Kier molecular flexibility index (Phi) is 4.31. The van der Waals surface area contributed by atoms with E-state index in [-0.39, 0.29) is 5.56 Å². The standard InChI is InChI=1S/C16H21N3O2/c1-12(15-7-4-10-21-15)17-8-9-19-14-6-3-2-5-13(14)18-11-16(19)20/h2-3,5-6,11-12,15,17H,4,7-10H2,1H3. The first-order valence-electron chi connectivity index (χ1n) is 7.55. The van der Waals surface area contributed by atoms with Gasteiger partial charge in [-0.3, -0.25) is 4.79 Å². The molecule has 0 saturated carbocycles. The largest absolute Gasteiger partial charge is 0.377 e. The van der Waals surface area contributed by atoms with Gasteiger partial charge in [0.15, 0.2) is 0 Å². The van der Waals surface area contributed by atoms with Crippen LogP contribution in [0.2, 0.25) is 0 Å². The van der Waals surface area contributed by atoms with Crippen LogP contribution in [0.15, 0.2) is 35.3 Å². The van der Waals surface area contributed by atoms with E-state index in [0.29, 0.717) is 18.7 Å². The van der Waals surface area contributed by atoms with Gasteiger partial charge in [-0.25, -0.2) is 4.98 Å². The lowest BCUT2D eigenvalue weighted by molar-refractivity contribution is 0.0835. The Bertz CT molecular complexity index is 662. The fraction of sp³-hybridized carbons (Fsp3) is 0.500. The van der Waals surface area contributed by atoms with E-state index in [9.17, 15) is 4.79 Å². The van der Waals surface area contributed by atoms with E-state index in [4.69, 9.17) is 4.74 Å². The first-order valence-corrected chi connectivity index (χ1v) is 7.55. The summed E-state index contributed by atoms with van der Waals surface area (Å²) in [6.07, 6.45) is 3.96. The molecule has 2 aromatic rings. The highest BCUT2D eigenvalue weighted by Gasteiger charge is 2.21. The van der Waals surface area contributed by atoms with Crippen LogP contribution in [-0.2, 0) is 11.3 Å². The lowest BCUT2D eigenvalue weighted by Crippen LogP contribution is -2.39. The predicted octanol–water partition coefficient (Wildman–Crippen LogP) is 1.55. The van der Waals surface area contributed by atoms with E-state index in [1.54, 1.807) is 4.57 Å². The van der Waals surface area contributed by atoms with E-state index in [0.717, 1.165) is 37.0 Å². The molecule has 1 aliphatic rings. The smallest absolute Gasteiger partial charge is 0.269 e. The second kappa shape index (κ2) is 6.37. The summed E-state index contributed by atoms with van der Waals surface area (Å²) in [5.41, 5.74) is 1.68. The van der Waals surface area contributed by atoms with E-state index < -0.39 is 0 Å². The quantitative estimate of drug-likeness (QED) is 0.906. The van der Waals surface area contributed by atoms with Crippen LogP contribution in [0.1, 0.15) is 19.8 Å². The summed E-state index contributed by atoms with van der Waals surface area (Å²) in [4.78, 5) is 16.2. The van der Waals surface area contributed by atoms with Gasteiger partial charge in [-0.15, -0.1) is 0 Å². The fourth-order valence-corrected chi connectivity index (χ4v) is 2.88. The van der Waals surface area contributed by atoms with Gasteiger partial charge in [-0.05, 0) is 31.9 Å². The Morgan fingerprint density at radius 3 is 3.14 bits per heavy atom.